The predicted octanol–water partition coefficient (Wildman–Crippen LogP) is 3.00. The smallest absolute Gasteiger partial charge is 0.239 e. The van der Waals surface area contributed by atoms with Gasteiger partial charge in [0.1, 0.15) is 10.2 Å². The first-order chi connectivity index (χ1) is 4.46. The van der Waals surface area contributed by atoms with Crippen molar-refractivity contribution in [2.75, 3.05) is 0 Å². The van der Waals surface area contributed by atoms with E-state index >= 15 is 0 Å². The molecule has 0 spiro atoms. The molecule has 0 aliphatic carbocycles. The quantitative estimate of drug-likeness (QED) is 0.635. The highest BCUT2D eigenvalue weighted by molar-refractivity contribution is 6.48. The van der Waals surface area contributed by atoms with E-state index in [1.165, 1.54) is 0 Å². The molecule has 0 saturated carbocycles. The SMILES string of the molecule is FC(F)C(F)C(Cl)C(Cl)Cl. The number of halogens is 6. The fourth-order valence-corrected chi connectivity index (χ4v) is 0.666. The maximum atomic E-state index is 12.1. The van der Waals surface area contributed by atoms with Crippen molar-refractivity contribution in [3.8, 4) is 0 Å². The van der Waals surface area contributed by atoms with Crippen molar-refractivity contribution in [2.45, 2.75) is 22.8 Å². The summed E-state index contributed by atoms with van der Waals surface area (Å²) in [5, 5.41) is -1.55. The first-order valence-electron chi connectivity index (χ1n) is 2.31. The Hall–Kier alpha value is 0.660. The molecule has 0 saturated heterocycles. The van der Waals surface area contributed by atoms with E-state index in [9.17, 15) is 13.2 Å². The first-order valence-corrected chi connectivity index (χ1v) is 3.62. The van der Waals surface area contributed by atoms with Crippen molar-refractivity contribution in [1.82, 2.24) is 0 Å². The Bertz CT molecular complexity index is 85.7. The molecule has 0 rings (SSSR count). The summed E-state index contributed by atoms with van der Waals surface area (Å²) in [6, 6.07) is 0. The monoisotopic (exact) mass is 214 g/mol. The van der Waals surface area contributed by atoms with E-state index in [1.54, 1.807) is 0 Å². The molecular formula is C4H4Cl3F3. The van der Waals surface area contributed by atoms with Gasteiger partial charge in [0.15, 0.2) is 6.17 Å². The van der Waals surface area contributed by atoms with E-state index in [0.29, 0.717) is 0 Å². The Morgan fingerprint density at radius 1 is 0.900 bits per heavy atom. The van der Waals surface area contributed by atoms with Gasteiger partial charge in [-0.25, -0.2) is 13.2 Å². The average Bonchev–Trinajstić information content (AvgIpc) is 1.84. The molecule has 0 bridgehead atoms. The number of hydrogen-bond donors (Lipinski definition) is 0. The van der Waals surface area contributed by atoms with Crippen LogP contribution in [0.15, 0.2) is 0 Å². The summed E-state index contributed by atoms with van der Waals surface area (Å²) in [7, 11) is 0. The lowest BCUT2D eigenvalue weighted by atomic mass is 10.3. The largest absolute Gasteiger partial charge is 0.270 e. The highest BCUT2D eigenvalue weighted by Gasteiger charge is 2.32. The van der Waals surface area contributed by atoms with Crippen LogP contribution in [0.5, 0.6) is 0 Å². The van der Waals surface area contributed by atoms with Gasteiger partial charge in [-0.05, 0) is 0 Å². The summed E-state index contributed by atoms with van der Waals surface area (Å²) in [5.41, 5.74) is 0. The van der Waals surface area contributed by atoms with Crippen LogP contribution in [-0.4, -0.2) is 22.8 Å². The highest BCUT2D eigenvalue weighted by atomic mass is 35.5. The molecule has 0 aromatic rings. The van der Waals surface area contributed by atoms with E-state index < -0.39 is 22.8 Å². The molecule has 0 heterocycles. The van der Waals surface area contributed by atoms with Crippen molar-refractivity contribution in [3.63, 3.8) is 0 Å². The van der Waals surface area contributed by atoms with Gasteiger partial charge in [-0.1, -0.05) is 0 Å². The van der Waals surface area contributed by atoms with Crippen LogP contribution < -0.4 is 0 Å². The molecule has 62 valence electrons. The zero-order valence-corrected chi connectivity index (χ0v) is 6.84. The van der Waals surface area contributed by atoms with E-state index in [-0.39, 0.29) is 0 Å². The molecule has 0 nitrogen and oxygen atoms in total. The molecule has 0 fully saturated rings. The van der Waals surface area contributed by atoms with Crippen molar-refractivity contribution < 1.29 is 13.2 Å². The minimum Gasteiger partial charge on any atom is -0.239 e. The van der Waals surface area contributed by atoms with Gasteiger partial charge in [0.25, 0.3) is 6.43 Å². The fourth-order valence-electron chi connectivity index (χ4n) is 0.278. The Balaban J connectivity index is 3.81. The van der Waals surface area contributed by atoms with Gasteiger partial charge in [0, 0.05) is 0 Å². The van der Waals surface area contributed by atoms with E-state index in [0.717, 1.165) is 0 Å². The van der Waals surface area contributed by atoms with Gasteiger partial charge in [-0.2, -0.15) is 0 Å². The third-order valence-corrected chi connectivity index (χ3v) is 2.08. The summed E-state index contributed by atoms with van der Waals surface area (Å²) in [4.78, 5) is -1.31. The minimum absolute atomic E-state index is 1.31. The van der Waals surface area contributed by atoms with Crippen molar-refractivity contribution >= 4 is 34.8 Å². The predicted molar refractivity (Wildman–Crippen MR) is 36.0 cm³/mol. The van der Waals surface area contributed by atoms with Crippen LogP contribution in [0.3, 0.4) is 0 Å². The van der Waals surface area contributed by atoms with Crippen LogP contribution in [0, 0.1) is 0 Å². The van der Waals surface area contributed by atoms with Crippen LogP contribution in [0.4, 0.5) is 13.2 Å². The molecule has 6 heteroatoms. The molecule has 0 amide bonds. The zero-order chi connectivity index (χ0) is 8.31. The van der Waals surface area contributed by atoms with Crippen LogP contribution in [0.2, 0.25) is 0 Å². The Morgan fingerprint density at radius 2 is 1.30 bits per heavy atom. The van der Waals surface area contributed by atoms with Crippen LogP contribution in [0.1, 0.15) is 0 Å². The molecule has 0 aliphatic rings. The van der Waals surface area contributed by atoms with Crippen molar-refractivity contribution in [2.24, 2.45) is 0 Å². The minimum atomic E-state index is -3.14. The number of alkyl halides is 6. The maximum absolute atomic E-state index is 12.1. The fraction of sp³-hybridized carbons (Fsp3) is 1.00. The molecule has 0 radical (unpaired) electrons. The molecule has 0 aromatic carbocycles. The van der Waals surface area contributed by atoms with Gasteiger partial charge < -0.3 is 0 Å². The van der Waals surface area contributed by atoms with Gasteiger partial charge in [-0.3, -0.25) is 0 Å². The summed E-state index contributed by atoms with van der Waals surface area (Å²) < 4.78 is 35.0. The molecule has 2 unspecified atom stereocenters. The second-order valence-corrected chi connectivity index (χ2v) is 3.23. The highest BCUT2D eigenvalue weighted by Crippen LogP contribution is 2.23. The molecule has 0 aliphatic heterocycles. The zero-order valence-electron chi connectivity index (χ0n) is 4.58. The van der Waals surface area contributed by atoms with Crippen molar-refractivity contribution in [3.05, 3.63) is 0 Å². The van der Waals surface area contributed by atoms with Crippen LogP contribution >= 0.6 is 34.8 Å². The molecule has 0 aromatic heterocycles. The maximum Gasteiger partial charge on any atom is 0.270 e. The Kier molecular flexibility index (Phi) is 4.82. The van der Waals surface area contributed by atoms with E-state index in [1.807, 2.05) is 0 Å². The standard InChI is InChI=1S/C4H4Cl3F3/c5-1(3(6)7)2(8)4(9)10/h1-4H. The first kappa shape index (κ1) is 10.7. The van der Waals surface area contributed by atoms with Crippen LogP contribution in [-0.2, 0) is 0 Å². The summed E-state index contributed by atoms with van der Waals surface area (Å²) in [6.07, 6.45) is -5.61. The summed E-state index contributed by atoms with van der Waals surface area (Å²) in [6.45, 7) is 0. The molecular weight excluding hydrogens is 211 g/mol. The van der Waals surface area contributed by atoms with Crippen molar-refractivity contribution in [1.29, 1.82) is 0 Å². The molecule has 10 heavy (non-hydrogen) atoms. The van der Waals surface area contributed by atoms with E-state index in [4.69, 9.17) is 34.8 Å². The third kappa shape index (κ3) is 3.17. The Labute approximate surface area is 71.2 Å². The number of hydrogen-bond acceptors (Lipinski definition) is 0. The number of rotatable bonds is 3. The lowest BCUT2D eigenvalue weighted by Crippen LogP contribution is -2.28. The van der Waals surface area contributed by atoms with Gasteiger partial charge in [-0.15, -0.1) is 34.8 Å². The average molecular weight is 215 g/mol. The molecule has 2 atom stereocenters. The van der Waals surface area contributed by atoms with Crippen LogP contribution in [0.25, 0.3) is 0 Å². The Morgan fingerprint density at radius 3 is 1.40 bits per heavy atom. The lowest BCUT2D eigenvalue weighted by Gasteiger charge is -2.13. The van der Waals surface area contributed by atoms with Gasteiger partial charge >= 0.3 is 0 Å². The third-order valence-electron chi connectivity index (χ3n) is 0.786. The topological polar surface area (TPSA) is 0 Å². The van der Waals surface area contributed by atoms with Gasteiger partial charge in [0.2, 0.25) is 0 Å². The van der Waals surface area contributed by atoms with E-state index in [2.05, 4.69) is 0 Å². The molecule has 0 N–H and O–H groups in total. The normalized spacial score (nSPS) is 18.0. The lowest BCUT2D eigenvalue weighted by molar-refractivity contribution is 0.0494. The second-order valence-electron chi connectivity index (χ2n) is 1.56. The summed E-state index contributed by atoms with van der Waals surface area (Å²) >= 11 is 15.1. The van der Waals surface area contributed by atoms with Gasteiger partial charge in [0.05, 0.1) is 0 Å². The summed E-state index contributed by atoms with van der Waals surface area (Å²) in [5.74, 6) is 0. The second kappa shape index (κ2) is 4.52.